The molecule has 0 unspecified atom stereocenters. The monoisotopic (exact) mass is 291 g/mol. The van der Waals surface area contributed by atoms with Gasteiger partial charge in [-0.3, -0.25) is 4.98 Å². The SMILES string of the molecule is OCc1c(CCl)cnc(C(F)F)c1OC(F)(F)F. The predicted molar refractivity (Wildman–Crippen MR) is 51.4 cm³/mol. The van der Waals surface area contributed by atoms with Gasteiger partial charge in [0.2, 0.25) is 0 Å². The Kier molecular flexibility index (Phi) is 4.69. The standard InChI is InChI=1S/C9H7ClF5NO2/c10-1-4-2-16-6(8(11)12)7(5(4)3-17)18-9(13,14)15/h2,8,17H,1,3H2. The highest BCUT2D eigenvalue weighted by molar-refractivity contribution is 6.17. The molecule has 0 saturated carbocycles. The molecule has 0 aliphatic carbocycles. The zero-order chi connectivity index (χ0) is 13.9. The third kappa shape index (κ3) is 3.42. The van der Waals surface area contributed by atoms with Crippen LogP contribution in [-0.2, 0) is 12.5 Å². The molecule has 1 N–H and O–H groups in total. The first-order valence-electron chi connectivity index (χ1n) is 4.51. The van der Waals surface area contributed by atoms with Gasteiger partial charge in [0.15, 0.2) is 5.75 Å². The van der Waals surface area contributed by atoms with Crippen LogP contribution >= 0.6 is 11.6 Å². The minimum absolute atomic E-state index is 0.0113. The fourth-order valence-corrected chi connectivity index (χ4v) is 1.49. The molecule has 3 nitrogen and oxygen atoms in total. The smallest absolute Gasteiger partial charge is 0.403 e. The van der Waals surface area contributed by atoms with E-state index in [4.69, 9.17) is 16.7 Å². The maximum atomic E-state index is 12.5. The Labute approximate surface area is 103 Å². The summed E-state index contributed by atoms with van der Waals surface area (Å²) in [6, 6.07) is 0. The van der Waals surface area contributed by atoms with Gasteiger partial charge in [-0.15, -0.1) is 24.8 Å². The Morgan fingerprint density at radius 1 is 1.39 bits per heavy atom. The lowest BCUT2D eigenvalue weighted by atomic mass is 10.1. The molecule has 0 saturated heterocycles. The van der Waals surface area contributed by atoms with E-state index in [0.29, 0.717) is 0 Å². The molecule has 1 rings (SSSR count). The Morgan fingerprint density at radius 2 is 2.00 bits per heavy atom. The van der Waals surface area contributed by atoms with E-state index in [1.807, 2.05) is 0 Å². The number of rotatable bonds is 4. The average Bonchev–Trinajstić information content (AvgIpc) is 2.25. The van der Waals surface area contributed by atoms with Gasteiger partial charge in [-0.05, 0) is 5.56 Å². The quantitative estimate of drug-likeness (QED) is 0.684. The highest BCUT2D eigenvalue weighted by atomic mass is 35.5. The fraction of sp³-hybridized carbons (Fsp3) is 0.444. The van der Waals surface area contributed by atoms with Crippen LogP contribution in [0.15, 0.2) is 6.20 Å². The van der Waals surface area contributed by atoms with Gasteiger partial charge in [0.05, 0.1) is 6.61 Å². The zero-order valence-corrected chi connectivity index (χ0v) is 9.40. The molecule has 0 fully saturated rings. The lowest BCUT2D eigenvalue weighted by Crippen LogP contribution is -2.20. The van der Waals surface area contributed by atoms with Crippen LogP contribution in [-0.4, -0.2) is 16.5 Å². The number of hydrogen-bond acceptors (Lipinski definition) is 3. The van der Waals surface area contributed by atoms with Gasteiger partial charge in [0.1, 0.15) is 5.69 Å². The Balaban J connectivity index is 3.38. The van der Waals surface area contributed by atoms with Crippen molar-refractivity contribution in [2.45, 2.75) is 25.3 Å². The summed E-state index contributed by atoms with van der Waals surface area (Å²) in [4.78, 5) is 3.17. The number of halogens is 6. The van der Waals surface area contributed by atoms with Gasteiger partial charge in [-0.1, -0.05) is 0 Å². The largest absolute Gasteiger partial charge is 0.573 e. The molecule has 102 valence electrons. The Bertz CT molecular complexity index is 424. The normalized spacial score (nSPS) is 12.0. The molecule has 0 aliphatic heterocycles. The first-order valence-corrected chi connectivity index (χ1v) is 5.05. The van der Waals surface area contributed by atoms with E-state index in [9.17, 15) is 22.0 Å². The Morgan fingerprint density at radius 3 is 2.39 bits per heavy atom. The average molecular weight is 292 g/mol. The van der Waals surface area contributed by atoms with Crippen molar-refractivity contribution in [1.82, 2.24) is 4.98 Å². The van der Waals surface area contributed by atoms with Crippen LogP contribution < -0.4 is 4.74 Å². The van der Waals surface area contributed by atoms with Gasteiger partial charge in [-0.2, -0.15) is 0 Å². The number of nitrogens with zero attached hydrogens (tertiary/aromatic N) is 1. The molecule has 0 aromatic carbocycles. The van der Waals surface area contributed by atoms with E-state index in [-0.39, 0.29) is 11.4 Å². The highest BCUT2D eigenvalue weighted by Gasteiger charge is 2.35. The van der Waals surface area contributed by atoms with Crippen LogP contribution in [0.1, 0.15) is 23.2 Å². The van der Waals surface area contributed by atoms with Gasteiger partial charge >= 0.3 is 6.36 Å². The first kappa shape index (κ1) is 14.9. The topological polar surface area (TPSA) is 42.4 Å². The second kappa shape index (κ2) is 5.66. The summed E-state index contributed by atoms with van der Waals surface area (Å²) in [7, 11) is 0. The zero-order valence-electron chi connectivity index (χ0n) is 8.64. The number of pyridine rings is 1. The minimum Gasteiger partial charge on any atom is -0.403 e. The van der Waals surface area contributed by atoms with Crippen molar-refractivity contribution in [2.75, 3.05) is 0 Å². The number of hydrogen-bond donors (Lipinski definition) is 1. The van der Waals surface area contributed by atoms with E-state index in [1.54, 1.807) is 0 Å². The summed E-state index contributed by atoms with van der Waals surface area (Å²) in [5.41, 5.74) is -1.65. The van der Waals surface area contributed by atoms with Crippen molar-refractivity contribution < 1.29 is 31.8 Å². The van der Waals surface area contributed by atoms with Crippen LogP contribution in [0.3, 0.4) is 0 Å². The lowest BCUT2D eigenvalue weighted by molar-refractivity contribution is -0.275. The number of aliphatic hydroxyl groups excluding tert-OH is 1. The predicted octanol–water partition coefficient (Wildman–Crippen LogP) is 3.15. The minimum atomic E-state index is -5.17. The lowest BCUT2D eigenvalue weighted by Gasteiger charge is -2.17. The summed E-state index contributed by atoms with van der Waals surface area (Å²) in [5.74, 6) is -1.49. The molecule has 1 aromatic heterocycles. The molecule has 0 amide bonds. The van der Waals surface area contributed by atoms with Crippen LogP contribution in [0, 0.1) is 0 Å². The van der Waals surface area contributed by atoms with E-state index in [0.717, 1.165) is 6.20 Å². The number of aliphatic hydroxyl groups is 1. The summed E-state index contributed by atoms with van der Waals surface area (Å²) in [6.45, 7) is -0.921. The second-order valence-corrected chi connectivity index (χ2v) is 3.38. The summed E-state index contributed by atoms with van der Waals surface area (Å²) >= 11 is 5.41. The van der Waals surface area contributed by atoms with Crippen LogP contribution in [0.2, 0.25) is 0 Å². The van der Waals surface area contributed by atoms with E-state index in [2.05, 4.69) is 9.72 Å². The molecular weight excluding hydrogens is 285 g/mol. The van der Waals surface area contributed by atoms with Crippen molar-refractivity contribution in [3.05, 3.63) is 23.0 Å². The fourth-order valence-electron chi connectivity index (χ4n) is 1.26. The molecule has 0 aliphatic rings. The second-order valence-electron chi connectivity index (χ2n) is 3.12. The van der Waals surface area contributed by atoms with Crippen molar-refractivity contribution in [3.63, 3.8) is 0 Å². The van der Waals surface area contributed by atoms with Gasteiger partial charge < -0.3 is 9.84 Å². The van der Waals surface area contributed by atoms with Crippen molar-refractivity contribution >= 4 is 11.6 Å². The molecule has 0 spiro atoms. The molecule has 1 heterocycles. The van der Waals surface area contributed by atoms with E-state index < -0.39 is 36.4 Å². The molecule has 0 atom stereocenters. The van der Waals surface area contributed by atoms with E-state index in [1.165, 1.54) is 0 Å². The van der Waals surface area contributed by atoms with Gasteiger partial charge in [-0.25, -0.2) is 8.78 Å². The number of ether oxygens (including phenoxy) is 1. The van der Waals surface area contributed by atoms with Gasteiger partial charge in [0.25, 0.3) is 6.43 Å². The number of alkyl halides is 6. The highest BCUT2D eigenvalue weighted by Crippen LogP contribution is 2.36. The maximum absolute atomic E-state index is 12.5. The van der Waals surface area contributed by atoms with Crippen LogP contribution in [0.4, 0.5) is 22.0 Å². The summed E-state index contributed by atoms with van der Waals surface area (Å²) in [5, 5.41) is 8.95. The first-order chi connectivity index (χ1) is 8.30. The van der Waals surface area contributed by atoms with Crippen molar-refractivity contribution in [3.8, 4) is 5.75 Å². The van der Waals surface area contributed by atoms with Crippen LogP contribution in [0.5, 0.6) is 5.75 Å². The molecule has 0 bridgehead atoms. The van der Waals surface area contributed by atoms with Crippen LogP contribution in [0.25, 0.3) is 0 Å². The molecule has 18 heavy (non-hydrogen) atoms. The molecular formula is C9H7ClF5NO2. The van der Waals surface area contributed by atoms with E-state index >= 15 is 0 Å². The molecule has 1 aromatic rings. The summed E-state index contributed by atoms with van der Waals surface area (Å²) < 4.78 is 64.9. The van der Waals surface area contributed by atoms with Crippen molar-refractivity contribution in [1.29, 1.82) is 0 Å². The molecule has 0 radical (unpaired) electrons. The van der Waals surface area contributed by atoms with Gasteiger partial charge in [0, 0.05) is 17.6 Å². The maximum Gasteiger partial charge on any atom is 0.573 e. The summed E-state index contributed by atoms with van der Waals surface area (Å²) in [6.07, 6.45) is -7.55. The Hall–Kier alpha value is -1.15. The van der Waals surface area contributed by atoms with Crippen molar-refractivity contribution in [2.24, 2.45) is 0 Å². The third-order valence-corrected chi connectivity index (χ3v) is 2.27. The third-order valence-electron chi connectivity index (χ3n) is 1.98. The number of aromatic nitrogens is 1. The molecule has 9 heteroatoms.